The van der Waals surface area contributed by atoms with Gasteiger partial charge in [-0.2, -0.15) is 5.21 Å². The maximum Gasteiger partial charge on any atom is 0.337 e. The van der Waals surface area contributed by atoms with Gasteiger partial charge in [0, 0.05) is 23.2 Å². The zero-order valence-corrected chi connectivity index (χ0v) is 14.6. The topological polar surface area (TPSA) is 106 Å². The van der Waals surface area contributed by atoms with Crippen LogP contribution in [0, 0.1) is 0 Å². The molecule has 0 aliphatic carbocycles. The van der Waals surface area contributed by atoms with E-state index in [2.05, 4.69) is 30.9 Å². The minimum absolute atomic E-state index is 0.224. The van der Waals surface area contributed by atoms with Crippen molar-refractivity contribution in [1.82, 2.24) is 30.9 Å². The van der Waals surface area contributed by atoms with Gasteiger partial charge in [-0.1, -0.05) is 6.07 Å². The lowest BCUT2D eigenvalue weighted by Gasteiger charge is -2.29. The van der Waals surface area contributed by atoms with Crippen LogP contribution in [0.25, 0.3) is 5.57 Å². The smallest absolute Gasteiger partial charge is 0.337 e. The molecule has 0 radical (unpaired) electrons. The van der Waals surface area contributed by atoms with Crippen LogP contribution in [0.3, 0.4) is 0 Å². The fourth-order valence-electron chi connectivity index (χ4n) is 2.96. The van der Waals surface area contributed by atoms with Gasteiger partial charge in [0.25, 0.3) is 0 Å². The van der Waals surface area contributed by atoms with E-state index in [4.69, 9.17) is 4.74 Å². The van der Waals surface area contributed by atoms with Crippen molar-refractivity contribution in [3.05, 3.63) is 52.9 Å². The Hall–Kier alpha value is -3.03. The van der Waals surface area contributed by atoms with Crippen molar-refractivity contribution in [3.8, 4) is 0 Å². The highest BCUT2D eigenvalue weighted by molar-refractivity contribution is 5.96. The molecule has 130 valence electrons. The Morgan fingerprint density at radius 3 is 2.64 bits per heavy atom. The molecule has 0 saturated heterocycles. The molecule has 2 N–H and O–H groups in total. The van der Waals surface area contributed by atoms with E-state index in [1.807, 2.05) is 45.9 Å². The normalized spacial score (nSPS) is 17.7. The lowest BCUT2D eigenvalue weighted by molar-refractivity contribution is -0.143. The van der Waals surface area contributed by atoms with Crippen molar-refractivity contribution in [2.45, 2.75) is 39.7 Å². The number of dihydropyridines is 1. The first-order chi connectivity index (χ1) is 12.0. The second kappa shape index (κ2) is 6.84. The molecule has 8 heteroatoms. The number of H-pyrrole nitrogens is 1. The summed E-state index contributed by atoms with van der Waals surface area (Å²) in [5, 5.41) is 17.5. The minimum Gasteiger partial charge on any atom is -0.460 e. The number of rotatable bonds is 4. The highest BCUT2D eigenvalue weighted by atomic mass is 16.5. The van der Waals surface area contributed by atoms with Crippen LogP contribution in [0.15, 0.2) is 41.4 Å². The number of hydrogen-bond donors (Lipinski definition) is 2. The largest absolute Gasteiger partial charge is 0.460 e. The molecular formula is C17H20N6O2. The van der Waals surface area contributed by atoms with Gasteiger partial charge in [-0.15, -0.1) is 10.2 Å². The third-order valence-electron chi connectivity index (χ3n) is 3.89. The van der Waals surface area contributed by atoms with E-state index in [-0.39, 0.29) is 12.1 Å². The lowest BCUT2D eigenvalue weighted by Crippen LogP contribution is -2.30. The second-order valence-electron chi connectivity index (χ2n) is 6.08. The monoisotopic (exact) mass is 340 g/mol. The van der Waals surface area contributed by atoms with Crippen LogP contribution in [-0.2, 0) is 9.53 Å². The summed E-state index contributed by atoms with van der Waals surface area (Å²) in [7, 11) is 0. The van der Waals surface area contributed by atoms with Gasteiger partial charge in [0.1, 0.15) is 0 Å². The standard InChI is InChI=1S/C17H20N6O2/c1-9(2)25-17(24)14-11(4)19-10(3)13(16-20-22-23-21-16)15(14)12-7-5-6-8-18-12/h5-9,15,19H,1-4H3,(H,20,21,22,23). The number of carbonyl (C=O) groups is 1. The van der Waals surface area contributed by atoms with Crippen molar-refractivity contribution in [2.75, 3.05) is 0 Å². The van der Waals surface area contributed by atoms with E-state index in [0.29, 0.717) is 11.4 Å². The Bertz CT molecular complexity index is 824. The highest BCUT2D eigenvalue weighted by Crippen LogP contribution is 2.41. The van der Waals surface area contributed by atoms with Gasteiger partial charge < -0.3 is 10.1 Å². The van der Waals surface area contributed by atoms with E-state index in [9.17, 15) is 4.79 Å². The zero-order valence-electron chi connectivity index (χ0n) is 14.6. The summed E-state index contributed by atoms with van der Waals surface area (Å²) in [6.07, 6.45) is 1.47. The molecule has 2 aromatic heterocycles. The molecule has 1 aliphatic heterocycles. The van der Waals surface area contributed by atoms with Gasteiger partial charge in [-0.25, -0.2) is 4.79 Å². The number of aromatic amines is 1. The summed E-state index contributed by atoms with van der Waals surface area (Å²) in [6.45, 7) is 7.40. The number of aromatic nitrogens is 5. The molecular weight excluding hydrogens is 320 g/mol. The second-order valence-corrected chi connectivity index (χ2v) is 6.08. The molecule has 0 fully saturated rings. The number of esters is 1. The fourth-order valence-corrected chi connectivity index (χ4v) is 2.96. The molecule has 1 unspecified atom stereocenters. The number of nitrogens with one attached hydrogen (secondary N) is 2. The quantitative estimate of drug-likeness (QED) is 0.819. The molecule has 8 nitrogen and oxygen atoms in total. The maximum atomic E-state index is 12.8. The summed E-state index contributed by atoms with van der Waals surface area (Å²) >= 11 is 0. The highest BCUT2D eigenvalue weighted by Gasteiger charge is 2.37. The van der Waals surface area contributed by atoms with Crippen molar-refractivity contribution in [3.63, 3.8) is 0 Å². The number of tetrazole rings is 1. The summed E-state index contributed by atoms with van der Waals surface area (Å²) < 4.78 is 5.46. The Morgan fingerprint density at radius 2 is 2.04 bits per heavy atom. The van der Waals surface area contributed by atoms with Crippen LogP contribution in [0.5, 0.6) is 0 Å². The van der Waals surface area contributed by atoms with E-state index in [1.165, 1.54) is 0 Å². The Balaban J connectivity index is 2.16. The van der Waals surface area contributed by atoms with E-state index in [0.717, 1.165) is 22.7 Å². The van der Waals surface area contributed by atoms with Crippen LogP contribution in [0.2, 0.25) is 0 Å². The molecule has 0 bridgehead atoms. The first-order valence-electron chi connectivity index (χ1n) is 8.03. The van der Waals surface area contributed by atoms with Crippen molar-refractivity contribution >= 4 is 11.5 Å². The van der Waals surface area contributed by atoms with E-state index >= 15 is 0 Å². The Morgan fingerprint density at radius 1 is 1.24 bits per heavy atom. The summed E-state index contributed by atoms with van der Waals surface area (Å²) in [4.78, 5) is 17.2. The first kappa shape index (κ1) is 16.8. The summed E-state index contributed by atoms with van der Waals surface area (Å²) in [5.74, 6) is -0.404. The Kier molecular flexibility index (Phi) is 4.60. The third-order valence-corrected chi connectivity index (χ3v) is 3.89. The number of pyridine rings is 1. The predicted molar refractivity (Wildman–Crippen MR) is 90.8 cm³/mol. The number of ether oxygens (including phenoxy) is 1. The molecule has 2 aromatic rings. The Labute approximate surface area is 145 Å². The van der Waals surface area contributed by atoms with Crippen LogP contribution >= 0.6 is 0 Å². The summed E-state index contributed by atoms with van der Waals surface area (Å²) in [6, 6.07) is 5.59. The number of nitrogens with zero attached hydrogens (tertiary/aromatic N) is 4. The van der Waals surface area contributed by atoms with E-state index < -0.39 is 5.92 Å². The molecule has 0 amide bonds. The third kappa shape index (κ3) is 3.28. The van der Waals surface area contributed by atoms with Gasteiger partial charge in [0.05, 0.1) is 23.3 Å². The van der Waals surface area contributed by atoms with Gasteiger partial charge >= 0.3 is 5.97 Å². The molecule has 0 aromatic carbocycles. The number of hydrogen-bond acceptors (Lipinski definition) is 7. The first-order valence-corrected chi connectivity index (χ1v) is 8.03. The lowest BCUT2D eigenvalue weighted by atomic mass is 9.82. The minimum atomic E-state index is -0.439. The van der Waals surface area contributed by atoms with E-state index in [1.54, 1.807) is 6.20 Å². The van der Waals surface area contributed by atoms with Crippen LogP contribution in [-0.4, -0.2) is 37.7 Å². The van der Waals surface area contributed by atoms with Crippen LogP contribution < -0.4 is 5.32 Å². The summed E-state index contributed by atoms with van der Waals surface area (Å²) in [5.41, 5.74) is 3.53. The number of carbonyl (C=O) groups excluding carboxylic acids is 1. The molecule has 3 heterocycles. The predicted octanol–water partition coefficient (Wildman–Crippen LogP) is 1.94. The van der Waals surface area contributed by atoms with Gasteiger partial charge in [-0.05, 0) is 45.0 Å². The molecule has 0 saturated carbocycles. The van der Waals surface area contributed by atoms with Crippen molar-refractivity contribution < 1.29 is 9.53 Å². The SMILES string of the molecule is CC1=C(C(=O)OC(C)C)C(c2ccccn2)C(c2nn[nH]n2)=C(C)N1. The average Bonchev–Trinajstić information content (AvgIpc) is 3.08. The molecule has 1 aliphatic rings. The van der Waals surface area contributed by atoms with Crippen LogP contribution in [0.4, 0.5) is 0 Å². The molecule has 1 atom stereocenters. The molecule has 3 rings (SSSR count). The average molecular weight is 340 g/mol. The number of allylic oxidation sites excluding steroid dienone is 3. The van der Waals surface area contributed by atoms with Crippen molar-refractivity contribution in [1.29, 1.82) is 0 Å². The molecule has 25 heavy (non-hydrogen) atoms. The zero-order chi connectivity index (χ0) is 18.0. The van der Waals surface area contributed by atoms with Crippen molar-refractivity contribution in [2.24, 2.45) is 0 Å². The maximum absolute atomic E-state index is 12.8. The van der Waals surface area contributed by atoms with Crippen LogP contribution in [0.1, 0.15) is 45.1 Å². The van der Waals surface area contributed by atoms with Gasteiger partial charge in [0.2, 0.25) is 5.82 Å². The fraction of sp³-hybridized carbons (Fsp3) is 0.353. The van der Waals surface area contributed by atoms with Gasteiger partial charge in [-0.3, -0.25) is 4.98 Å². The molecule has 0 spiro atoms. The van der Waals surface area contributed by atoms with Gasteiger partial charge in [0.15, 0.2) is 0 Å².